The van der Waals surface area contributed by atoms with E-state index in [0.29, 0.717) is 28.6 Å². The summed E-state index contributed by atoms with van der Waals surface area (Å²) in [6, 6.07) is 11.2. The van der Waals surface area contributed by atoms with Crippen LogP contribution in [0, 0.1) is 5.82 Å². The molecule has 0 atom stereocenters. The largest absolute Gasteiger partial charge is 0.506 e. The molecule has 184 valence electrons. The topological polar surface area (TPSA) is 94.4 Å². The van der Waals surface area contributed by atoms with Gasteiger partial charge in [0.2, 0.25) is 5.91 Å². The highest BCUT2D eigenvalue weighted by Crippen LogP contribution is 2.40. The van der Waals surface area contributed by atoms with E-state index in [4.69, 9.17) is 14.2 Å². The minimum Gasteiger partial charge on any atom is -0.506 e. The number of halogens is 1. The number of aliphatic hydroxyl groups excluding tert-OH is 1. The predicted octanol–water partition coefficient (Wildman–Crippen LogP) is 5.60. The van der Waals surface area contributed by atoms with E-state index < -0.39 is 11.9 Å². The minimum absolute atomic E-state index is 0.100. The van der Waals surface area contributed by atoms with E-state index in [2.05, 4.69) is 4.99 Å². The molecule has 1 amide bonds. The lowest BCUT2D eigenvalue weighted by Gasteiger charge is -2.13. The van der Waals surface area contributed by atoms with Gasteiger partial charge < -0.3 is 19.3 Å². The number of benzene rings is 2. The lowest BCUT2D eigenvalue weighted by Crippen LogP contribution is -2.14. The summed E-state index contributed by atoms with van der Waals surface area (Å²) in [5, 5.41) is 10.8. The first-order valence-electron chi connectivity index (χ1n) is 11.1. The third-order valence-corrected chi connectivity index (χ3v) is 5.79. The molecule has 1 aliphatic rings. The van der Waals surface area contributed by atoms with Crippen LogP contribution in [0.5, 0.6) is 11.5 Å². The first-order valence-corrected chi connectivity index (χ1v) is 11.9. The van der Waals surface area contributed by atoms with Crippen LogP contribution >= 0.6 is 11.8 Å². The standard InChI is InChI=1S/C26H26FNO6S/c1-4-22(29)28-25-23(26(31)33-6-3)24(30)21(35-25)14-17-9-12-19(20(13-17)32-5-2)34-15-16-7-10-18(27)11-8-16/h7-14,30H,4-6,15H2,1-3H3/b21-14-,28-25?. The van der Waals surface area contributed by atoms with Crippen molar-refractivity contribution in [1.82, 2.24) is 0 Å². The number of hydrogen-bond acceptors (Lipinski definition) is 7. The molecule has 0 unspecified atom stereocenters. The number of nitrogens with zero attached hydrogens (tertiary/aromatic N) is 1. The van der Waals surface area contributed by atoms with Gasteiger partial charge in [-0.3, -0.25) is 4.79 Å². The summed E-state index contributed by atoms with van der Waals surface area (Å²) in [4.78, 5) is 28.6. The van der Waals surface area contributed by atoms with Gasteiger partial charge in [0.15, 0.2) is 11.5 Å². The molecule has 1 N–H and O–H groups in total. The second-order valence-electron chi connectivity index (χ2n) is 7.27. The van der Waals surface area contributed by atoms with E-state index in [1.54, 1.807) is 50.3 Å². The Hall–Kier alpha value is -3.59. The zero-order chi connectivity index (χ0) is 25.4. The van der Waals surface area contributed by atoms with Crippen LogP contribution in [0.15, 0.2) is 63.7 Å². The van der Waals surface area contributed by atoms with Crippen molar-refractivity contribution in [3.8, 4) is 11.5 Å². The third kappa shape index (κ3) is 6.73. The average molecular weight is 500 g/mol. The van der Waals surface area contributed by atoms with Crippen molar-refractivity contribution in [3.63, 3.8) is 0 Å². The van der Waals surface area contributed by atoms with Crippen LogP contribution in [-0.2, 0) is 20.9 Å². The van der Waals surface area contributed by atoms with Gasteiger partial charge >= 0.3 is 5.97 Å². The fourth-order valence-corrected chi connectivity index (χ4v) is 4.11. The van der Waals surface area contributed by atoms with Crippen molar-refractivity contribution in [1.29, 1.82) is 0 Å². The lowest BCUT2D eigenvalue weighted by molar-refractivity contribution is -0.138. The van der Waals surface area contributed by atoms with Crippen molar-refractivity contribution < 1.29 is 33.3 Å². The van der Waals surface area contributed by atoms with Gasteiger partial charge in [-0.1, -0.05) is 36.9 Å². The Kier molecular flexibility index (Phi) is 9.08. The number of carbonyl (C=O) groups excluding carboxylic acids is 2. The molecule has 0 fully saturated rings. The Balaban J connectivity index is 1.89. The van der Waals surface area contributed by atoms with Gasteiger partial charge in [-0.15, -0.1) is 0 Å². The number of thioether (sulfide) groups is 1. The second kappa shape index (κ2) is 12.2. The predicted molar refractivity (Wildman–Crippen MR) is 133 cm³/mol. The monoisotopic (exact) mass is 499 g/mol. The molecule has 0 radical (unpaired) electrons. The summed E-state index contributed by atoms with van der Waals surface area (Å²) in [5.41, 5.74) is 1.34. The highest BCUT2D eigenvalue weighted by molar-refractivity contribution is 8.18. The van der Waals surface area contributed by atoms with Gasteiger partial charge in [0, 0.05) is 6.42 Å². The van der Waals surface area contributed by atoms with Crippen molar-refractivity contribution in [2.24, 2.45) is 4.99 Å². The fraction of sp³-hybridized carbons (Fsp3) is 0.269. The number of carbonyl (C=O) groups is 2. The molecule has 0 saturated carbocycles. The van der Waals surface area contributed by atoms with Gasteiger partial charge in [-0.25, -0.2) is 14.2 Å². The third-order valence-electron chi connectivity index (χ3n) is 4.77. The number of ether oxygens (including phenoxy) is 3. The molecule has 2 aromatic carbocycles. The SMILES string of the molecule is CCOC(=O)C1=C(O)/C(=C/c2ccc(OCc3ccc(F)cc3)c(OCC)c2)SC1=NC(=O)CC. The van der Waals surface area contributed by atoms with E-state index in [0.717, 1.165) is 17.3 Å². The quantitative estimate of drug-likeness (QED) is 0.449. The summed E-state index contributed by atoms with van der Waals surface area (Å²) < 4.78 is 29.7. The van der Waals surface area contributed by atoms with Crippen molar-refractivity contribution >= 4 is 34.8 Å². The maximum Gasteiger partial charge on any atom is 0.344 e. The minimum atomic E-state index is -0.747. The van der Waals surface area contributed by atoms with Crippen molar-refractivity contribution in [3.05, 3.63) is 75.6 Å². The van der Waals surface area contributed by atoms with Gasteiger partial charge in [0.05, 0.1) is 18.1 Å². The average Bonchev–Trinajstić information content (AvgIpc) is 3.14. The molecule has 35 heavy (non-hydrogen) atoms. The van der Waals surface area contributed by atoms with E-state index in [1.807, 2.05) is 6.92 Å². The molecule has 1 aliphatic heterocycles. The number of esters is 1. The molecule has 1 heterocycles. The molecular formula is C26H26FNO6S. The van der Waals surface area contributed by atoms with Gasteiger partial charge in [-0.2, -0.15) is 0 Å². The van der Waals surface area contributed by atoms with Gasteiger partial charge in [0.1, 0.15) is 28.8 Å². The fourth-order valence-electron chi connectivity index (χ4n) is 3.08. The van der Waals surface area contributed by atoms with Crippen LogP contribution in [0.4, 0.5) is 4.39 Å². The lowest BCUT2D eigenvalue weighted by atomic mass is 10.1. The molecule has 0 aliphatic carbocycles. The van der Waals surface area contributed by atoms with E-state index in [9.17, 15) is 19.1 Å². The summed E-state index contributed by atoms with van der Waals surface area (Å²) in [5.74, 6) is -0.795. The van der Waals surface area contributed by atoms with Crippen molar-refractivity contribution in [2.45, 2.75) is 33.8 Å². The zero-order valence-corrected chi connectivity index (χ0v) is 20.5. The Morgan fingerprint density at radius 2 is 1.77 bits per heavy atom. The van der Waals surface area contributed by atoms with Crippen molar-refractivity contribution in [2.75, 3.05) is 13.2 Å². The Bertz CT molecular complexity index is 1190. The van der Waals surface area contributed by atoms with Gasteiger partial charge in [0.25, 0.3) is 0 Å². The summed E-state index contributed by atoms with van der Waals surface area (Å²) in [6.07, 6.45) is 1.82. The molecule has 9 heteroatoms. The van der Waals surface area contributed by atoms with Crippen LogP contribution in [-0.4, -0.2) is 35.2 Å². The first kappa shape index (κ1) is 26.0. The maximum atomic E-state index is 13.1. The molecule has 2 aromatic rings. The number of rotatable bonds is 9. The summed E-state index contributed by atoms with van der Waals surface area (Å²) in [6.45, 7) is 5.90. The Morgan fingerprint density at radius 1 is 1.03 bits per heavy atom. The summed E-state index contributed by atoms with van der Waals surface area (Å²) in [7, 11) is 0. The molecule has 3 rings (SSSR count). The highest BCUT2D eigenvalue weighted by atomic mass is 32.2. The molecule has 0 aromatic heterocycles. The number of amides is 1. The number of hydrogen-bond donors (Lipinski definition) is 1. The number of aliphatic hydroxyl groups is 1. The van der Waals surface area contributed by atoms with Gasteiger partial charge in [-0.05, 0) is 55.3 Å². The molecular weight excluding hydrogens is 473 g/mol. The smallest absolute Gasteiger partial charge is 0.344 e. The molecule has 0 spiro atoms. The summed E-state index contributed by atoms with van der Waals surface area (Å²) >= 11 is 1.01. The second-order valence-corrected chi connectivity index (χ2v) is 8.30. The van der Waals surface area contributed by atoms with Crippen LogP contribution in [0.1, 0.15) is 38.3 Å². The van der Waals surface area contributed by atoms with Crippen LogP contribution in [0.25, 0.3) is 6.08 Å². The molecule has 0 bridgehead atoms. The normalized spacial score (nSPS) is 15.5. The van der Waals surface area contributed by atoms with Crippen LogP contribution in [0.2, 0.25) is 0 Å². The van der Waals surface area contributed by atoms with Crippen LogP contribution in [0.3, 0.4) is 0 Å². The maximum absolute atomic E-state index is 13.1. The molecule has 7 nitrogen and oxygen atoms in total. The molecule has 0 saturated heterocycles. The zero-order valence-electron chi connectivity index (χ0n) is 19.7. The van der Waals surface area contributed by atoms with E-state index >= 15 is 0 Å². The Labute approximate surface area is 207 Å². The van der Waals surface area contributed by atoms with Crippen LogP contribution < -0.4 is 9.47 Å². The Morgan fingerprint density at radius 3 is 2.43 bits per heavy atom. The highest BCUT2D eigenvalue weighted by Gasteiger charge is 2.33. The number of aliphatic imine (C=N–C) groups is 1. The first-order chi connectivity index (χ1) is 16.9. The van der Waals surface area contributed by atoms with E-state index in [-0.39, 0.29) is 41.8 Å². The van der Waals surface area contributed by atoms with E-state index in [1.165, 1.54) is 12.1 Å².